The quantitative estimate of drug-likeness (QED) is 0.811. The minimum Gasteiger partial charge on any atom is -0.311 e. The van der Waals surface area contributed by atoms with Gasteiger partial charge in [0.25, 0.3) is 0 Å². The van der Waals surface area contributed by atoms with Crippen molar-refractivity contribution < 1.29 is 0 Å². The summed E-state index contributed by atoms with van der Waals surface area (Å²) < 4.78 is 0. The van der Waals surface area contributed by atoms with Gasteiger partial charge in [-0.2, -0.15) is 0 Å². The lowest BCUT2D eigenvalue weighted by Crippen LogP contribution is -2.49. The number of hydrogen-bond acceptors (Lipinski definition) is 2. The molecule has 0 heterocycles. The number of likely N-dealkylation sites (N-methyl/N-ethyl adjacent to an activating group) is 1. The van der Waals surface area contributed by atoms with E-state index in [0.717, 1.165) is 18.5 Å². The Bertz CT molecular complexity index is 219. The molecule has 0 aromatic rings. The molecule has 1 saturated carbocycles. The van der Waals surface area contributed by atoms with Crippen molar-refractivity contribution in [2.24, 2.45) is 5.92 Å². The van der Waals surface area contributed by atoms with Crippen LogP contribution < -0.4 is 5.32 Å². The van der Waals surface area contributed by atoms with Crippen LogP contribution in [-0.4, -0.2) is 36.1 Å². The van der Waals surface area contributed by atoms with Crippen LogP contribution in [0, 0.1) is 5.92 Å². The zero-order valence-electron chi connectivity index (χ0n) is 12.7. The van der Waals surface area contributed by atoms with Gasteiger partial charge >= 0.3 is 0 Å². The van der Waals surface area contributed by atoms with Gasteiger partial charge < -0.3 is 5.32 Å². The molecule has 0 aliphatic heterocycles. The third kappa shape index (κ3) is 5.39. The topological polar surface area (TPSA) is 15.3 Å². The molecule has 0 aromatic carbocycles. The van der Waals surface area contributed by atoms with Gasteiger partial charge in [0, 0.05) is 24.2 Å². The average molecular weight is 240 g/mol. The second-order valence-corrected chi connectivity index (χ2v) is 7.07. The van der Waals surface area contributed by atoms with Gasteiger partial charge in [-0.05, 0) is 53.5 Å². The normalized spacial score (nSPS) is 28.4. The Balaban J connectivity index is 2.37. The zero-order valence-corrected chi connectivity index (χ0v) is 12.7. The third-order valence-corrected chi connectivity index (χ3v) is 4.11. The molecule has 1 aliphatic rings. The molecule has 3 unspecified atom stereocenters. The van der Waals surface area contributed by atoms with Crippen LogP contribution in [0.15, 0.2) is 0 Å². The van der Waals surface area contributed by atoms with E-state index >= 15 is 0 Å². The molecule has 3 atom stereocenters. The van der Waals surface area contributed by atoms with Gasteiger partial charge in [-0.15, -0.1) is 0 Å². The van der Waals surface area contributed by atoms with Crippen molar-refractivity contribution in [1.29, 1.82) is 0 Å². The van der Waals surface area contributed by atoms with Crippen LogP contribution in [0.2, 0.25) is 0 Å². The molecule has 1 fully saturated rings. The van der Waals surface area contributed by atoms with E-state index in [-0.39, 0.29) is 5.54 Å². The molecule has 2 nitrogen and oxygen atoms in total. The Hall–Kier alpha value is -0.0800. The molecular formula is C15H32N2. The van der Waals surface area contributed by atoms with Gasteiger partial charge in [0.15, 0.2) is 0 Å². The lowest BCUT2D eigenvalue weighted by molar-refractivity contribution is 0.120. The fourth-order valence-electron chi connectivity index (χ4n) is 2.73. The Morgan fingerprint density at radius 2 is 1.94 bits per heavy atom. The van der Waals surface area contributed by atoms with Crippen molar-refractivity contribution >= 4 is 0 Å². The van der Waals surface area contributed by atoms with E-state index in [1.54, 1.807) is 0 Å². The van der Waals surface area contributed by atoms with E-state index in [9.17, 15) is 0 Å². The Kier molecular flexibility index (Phi) is 5.46. The highest BCUT2D eigenvalue weighted by atomic mass is 15.2. The molecule has 0 bridgehead atoms. The summed E-state index contributed by atoms with van der Waals surface area (Å²) in [5.41, 5.74) is 0.231. The van der Waals surface area contributed by atoms with Crippen LogP contribution in [0.25, 0.3) is 0 Å². The van der Waals surface area contributed by atoms with E-state index < -0.39 is 0 Å². The minimum absolute atomic E-state index is 0.231. The van der Waals surface area contributed by atoms with Gasteiger partial charge in [0.1, 0.15) is 0 Å². The van der Waals surface area contributed by atoms with Crippen molar-refractivity contribution in [3.05, 3.63) is 0 Å². The maximum Gasteiger partial charge on any atom is 0.0192 e. The van der Waals surface area contributed by atoms with Gasteiger partial charge in [-0.3, -0.25) is 4.90 Å². The average Bonchev–Trinajstić information content (AvgIpc) is 2.24. The van der Waals surface area contributed by atoms with Gasteiger partial charge in [0.2, 0.25) is 0 Å². The van der Waals surface area contributed by atoms with Crippen LogP contribution >= 0.6 is 0 Å². The molecule has 0 aromatic heterocycles. The summed E-state index contributed by atoms with van der Waals surface area (Å²) in [6.45, 7) is 12.5. The number of nitrogens with zero attached hydrogens (tertiary/aromatic N) is 1. The maximum absolute atomic E-state index is 3.61. The first-order chi connectivity index (χ1) is 7.79. The predicted molar refractivity (Wildman–Crippen MR) is 76.4 cm³/mol. The first-order valence-electron chi connectivity index (χ1n) is 7.26. The van der Waals surface area contributed by atoms with Crippen molar-refractivity contribution in [3.63, 3.8) is 0 Å². The number of rotatable bonds is 4. The third-order valence-electron chi connectivity index (χ3n) is 4.11. The first kappa shape index (κ1) is 15.0. The fraction of sp³-hybridized carbons (Fsp3) is 1.00. The Morgan fingerprint density at radius 3 is 2.47 bits per heavy atom. The second-order valence-electron chi connectivity index (χ2n) is 7.07. The van der Waals surface area contributed by atoms with Crippen LogP contribution in [0.1, 0.15) is 60.3 Å². The smallest absolute Gasteiger partial charge is 0.0192 e. The lowest BCUT2D eigenvalue weighted by Gasteiger charge is -2.38. The van der Waals surface area contributed by atoms with Gasteiger partial charge in [0.05, 0.1) is 0 Å². The standard InChI is InChI=1S/C15H32N2/c1-12-8-7-9-14(10-12)17(6)13(2)11-16-15(3,4)5/h12-14,16H,7-11H2,1-6H3. The van der Waals surface area contributed by atoms with Crippen LogP contribution in [0.5, 0.6) is 0 Å². The summed E-state index contributed by atoms with van der Waals surface area (Å²) in [5.74, 6) is 0.916. The second kappa shape index (κ2) is 6.19. The Morgan fingerprint density at radius 1 is 1.29 bits per heavy atom. The molecular weight excluding hydrogens is 208 g/mol. The van der Waals surface area contributed by atoms with Gasteiger partial charge in [-0.1, -0.05) is 19.8 Å². The van der Waals surface area contributed by atoms with Crippen LogP contribution in [0.3, 0.4) is 0 Å². The molecule has 17 heavy (non-hydrogen) atoms. The van der Waals surface area contributed by atoms with Crippen LogP contribution in [0.4, 0.5) is 0 Å². The summed E-state index contributed by atoms with van der Waals surface area (Å²) in [5, 5.41) is 3.61. The predicted octanol–water partition coefficient (Wildman–Crippen LogP) is 3.27. The minimum atomic E-state index is 0.231. The maximum atomic E-state index is 3.61. The number of hydrogen-bond donors (Lipinski definition) is 1. The summed E-state index contributed by atoms with van der Waals surface area (Å²) in [6.07, 6.45) is 5.62. The van der Waals surface area contributed by atoms with E-state index in [1.165, 1.54) is 25.7 Å². The van der Waals surface area contributed by atoms with Crippen LogP contribution in [-0.2, 0) is 0 Å². The highest BCUT2D eigenvalue weighted by molar-refractivity contribution is 4.82. The molecule has 1 aliphatic carbocycles. The molecule has 0 radical (unpaired) electrons. The Labute approximate surface area is 108 Å². The van der Waals surface area contributed by atoms with E-state index in [2.05, 4.69) is 51.9 Å². The molecule has 0 saturated heterocycles. The summed E-state index contributed by atoms with van der Waals surface area (Å²) >= 11 is 0. The fourth-order valence-corrected chi connectivity index (χ4v) is 2.73. The van der Waals surface area contributed by atoms with E-state index in [0.29, 0.717) is 6.04 Å². The molecule has 1 rings (SSSR count). The highest BCUT2D eigenvalue weighted by Crippen LogP contribution is 2.27. The molecule has 1 N–H and O–H groups in total. The van der Waals surface area contributed by atoms with E-state index in [1.807, 2.05) is 0 Å². The van der Waals surface area contributed by atoms with Crippen molar-refractivity contribution in [1.82, 2.24) is 10.2 Å². The zero-order chi connectivity index (χ0) is 13.1. The summed E-state index contributed by atoms with van der Waals surface area (Å²) in [7, 11) is 2.30. The number of nitrogens with one attached hydrogen (secondary N) is 1. The molecule has 102 valence electrons. The summed E-state index contributed by atoms with van der Waals surface area (Å²) in [4.78, 5) is 2.59. The summed E-state index contributed by atoms with van der Waals surface area (Å²) in [6, 6.07) is 1.43. The highest BCUT2D eigenvalue weighted by Gasteiger charge is 2.25. The largest absolute Gasteiger partial charge is 0.311 e. The molecule has 0 amide bonds. The lowest BCUT2D eigenvalue weighted by atomic mass is 9.86. The van der Waals surface area contributed by atoms with Gasteiger partial charge in [-0.25, -0.2) is 0 Å². The first-order valence-corrected chi connectivity index (χ1v) is 7.26. The van der Waals surface area contributed by atoms with Crippen molar-refractivity contribution in [3.8, 4) is 0 Å². The SMILES string of the molecule is CC1CCCC(N(C)C(C)CNC(C)(C)C)C1. The molecule has 0 spiro atoms. The molecule has 2 heteroatoms. The monoisotopic (exact) mass is 240 g/mol. The van der Waals surface area contributed by atoms with Crippen molar-refractivity contribution in [2.45, 2.75) is 77.9 Å². The van der Waals surface area contributed by atoms with E-state index in [4.69, 9.17) is 0 Å². The van der Waals surface area contributed by atoms with Crippen molar-refractivity contribution in [2.75, 3.05) is 13.6 Å².